The lowest BCUT2D eigenvalue weighted by atomic mass is 10.3. The van der Waals surface area contributed by atoms with E-state index in [9.17, 15) is 4.79 Å². The first kappa shape index (κ1) is 11.6. The summed E-state index contributed by atoms with van der Waals surface area (Å²) in [6.07, 6.45) is 1.59. The first-order valence-corrected chi connectivity index (χ1v) is 5.93. The second-order valence-electron chi connectivity index (χ2n) is 3.08. The Morgan fingerprint density at radius 1 is 1.38 bits per heavy atom. The molecule has 0 radical (unpaired) electrons. The van der Waals surface area contributed by atoms with Crippen LogP contribution in [0.5, 0.6) is 0 Å². The van der Waals surface area contributed by atoms with Crippen molar-refractivity contribution < 1.29 is 0 Å². The Morgan fingerprint density at radius 2 is 2.12 bits per heavy atom. The van der Waals surface area contributed by atoms with E-state index < -0.39 is 0 Å². The summed E-state index contributed by atoms with van der Waals surface area (Å²) in [7, 11) is 0. The van der Waals surface area contributed by atoms with Gasteiger partial charge < -0.3 is 0 Å². The Bertz CT molecular complexity index is 650. The molecular formula is C10H6BrClN2OS. The number of halogens is 2. The van der Waals surface area contributed by atoms with E-state index in [1.54, 1.807) is 16.8 Å². The molecular weight excluding hydrogens is 312 g/mol. The van der Waals surface area contributed by atoms with Crippen LogP contribution in [0.2, 0.25) is 5.02 Å². The van der Waals surface area contributed by atoms with Gasteiger partial charge in [0.1, 0.15) is 0 Å². The second kappa shape index (κ2) is 4.53. The maximum Gasteiger partial charge on any atom is 0.251 e. The Labute approximate surface area is 110 Å². The van der Waals surface area contributed by atoms with Crippen molar-refractivity contribution in [3.05, 3.63) is 55.1 Å². The third kappa shape index (κ3) is 2.26. The van der Waals surface area contributed by atoms with Crippen molar-refractivity contribution in [1.29, 1.82) is 0 Å². The van der Waals surface area contributed by atoms with Crippen LogP contribution in [0, 0.1) is 4.77 Å². The lowest BCUT2D eigenvalue weighted by molar-refractivity contribution is 0.937. The molecule has 0 spiro atoms. The number of aromatic amines is 1. The minimum atomic E-state index is -0.229. The fraction of sp³-hybridized carbons (Fsp3) is 0. The third-order valence-corrected chi connectivity index (χ3v) is 3.10. The van der Waals surface area contributed by atoms with Gasteiger partial charge in [-0.15, -0.1) is 0 Å². The number of hydrogen-bond donors (Lipinski definition) is 1. The van der Waals surface area contributed by atoms with Crippen molar-refractivity contribution in [3.8, 4) is 5.69 Å². The number of hydrogen-bond acceptors (Lipinski definition) is 2. The maximum absolute atomic E-state index is 11.0. The summed E-state index contributed by atoms with van der Waals surface area (Å²) in [6, 6.07) is 6.82. The van der Waals surface area contributed by atoms with Crippen LogP contribution in [0.15, 0.2) is 39.7 Å². The van der Waals surface area contributed by atoms with Crippen LogP contribution < -0.4 is 5.56 Å². The van der Waals surface area contributed by atoms with Crippen molar-refractivity contribution in [1.82, 2.24) is 9.55 Å². The summed E-state index contributed by atoms with van der Waals surface area (Å²) in [5, 5.41) is 0.561. The minimum Gasteiger partial charge on any atom is -0.299 e. The van der Waals surface area contributed by atoms with E-state index >= 15 is 0 Å². The largest absolute Gasteiger partial charge is 0.299 e. The number of nitrogens with zero attached hydrogens (tertiary/aromatic N) is 1. The molecule has 2 rings (SSSR count). The molecule has 0 saturated heterocycles. The van der Waals surface area contributed by atoms with Gasteiger partial charge >= 0.3 is 0 Å². The lowest BCUT2D eigenvalue weighted by Gasteiger charge is -2.08. The Kier molecular flexibility index (Phi) is 3.28. The molecule has 1 N–H and O–H groups in total. The predicted molar refractivity (Wildman–Crippen MR) is 69.9 cm³/mol. The van der Waals surface area contributed by atoms with Gasteiger partial charge in [-0.3, -0.25) is 14.3 Å². The highest BCUT2D eigenvalue weighted by Gasteiger charge is 2.03. The van der Waals surface area contributed by atoms with Gasteiger partial charge in [0.2, 0.25) is 0 Å². The molecule has 0 aliphatic rings. The Balaban J connectivity index is 2.72. The summed E-state index contributed by atoms with van der Waals surface area (Å²) in [4.78, 5) is 13.6. The topological polar surface area (TPSA) is 37.8 Å². The fourth-order valence-electron chi connectivity index (χ4n) is 1.28. The van der Waals surface area contributed by atoms with Crippen molar-refractivity contribution in [2.45, 2.75) is 0 Å². The molecule has 16 heavy (non-hydrogen) atoms. The highest BCUT2D eigenvalue weighted by Crippen LogP contribution is 2.24. The van der Waals surface area contributed by atoms with Gasteiger partial charge in [-0.1, -0.05) is 27.5 Å². The first-order valence-electron chi connectivity index (χ1n) is 4.35. The van der Waals surface area contributed by atoms with Gasteiger partial charge in [0.25, 0.3) is 5.56 Å². The van der Waals surface area contributed by atoms with E-state index in [1.807, 2.05) is 12.1 Å². The van der Waals surface area contributed by atoms with E-state index in [1.165, 1.54) is 6.07 Å². The number of nitrogens with one attached hydrogen (secondary N) is 1. The summed E-state index contributed by atoms with van der Waals surface area (Å²) in [5.41, 5.74) is 0.490. The van der Waals surface area contributed by atoms with Gasteiger partial charge in [-0.25, -0.2) is 0 Å². The molecule has 3 nitrogen and oxygen atoms in total. The minimum absolute atomic E-state index is 0.229. The molecule has 1 aromatic carbocycles. The molecule has 0 bridgehead atoms. The van der Waals surface area contributed by atoms with Gasteiger partial charge in [-0.2, -0.15) is 0 Å². The number of aromatic nitrogens is 2. The molecule has 0 atom stereocenters. The quantitative estimate of drug-likeness (QED) is 0.819. The van der Waals surface area contributed by atoms with Crippen LogP contribution in [0.25, 0.3) is 5.69 Å². The maximum atomic E-state index is 11.0. The van der Waals surface area contributed by atoms with E-state index in [0.29, 0.717) is 9.79 Å². The highest BCUT2D eigenvalue weighted by atomic mass is 79.9. The molecule has 0 aliphatic carbocycles. The molecule has 0 amide bonds. The molecule has 1 aromatic heterocycles. The molecule has 0 aliphatic heterocycles. The van der Waals surface area contributed by atoms with Crippen LogP contribution in [-0.2, 0) is 0 Å². The molecule has 0 unspecified atom stereocenters. The summed E-state index contributed by atoms with van der Waals surface area (Å²) in [6.45, 7) is 0. The smallest absolute Gasteiger partial charge is 0.251 e. The highest BCUT2D eigenvalue weighted by molar-refractivity contribution is 9.10. The van der Waals surface area contributed by atoms with Crippen molar-refractivity contribution in [3.63, 3.8) is 0 Å². The monoisotopic (exact) mass is 316 g/mol. The number of rotatable bonds is 1. The molecule has 2 aromatic rings. The third-order valence-electron chi connectivity index (χ3n) is 1.99. The van der Waals surface area contributed by atoms with Crippen LogP contribution in [-0.4, -0.2) is 9.55 Å². The zero-order valence-electron chi connectivity index (χ0n) is 7.91. The number of H-pyrrole nitrogens is 1. The zero-order chi connectivity index (χ0) is 11.7. The summed E-state index contributed by atoms with van der Waals surface area (Å²) in [5.74, 6) is 0. The second-order valence-corrected chi connectivity index (χ2v) is 4.79. The molecule has 1 heterocycles. The molecule has 82 valence electrons. The van der Waals surface area contributed by atoms with Crippen LogP contribution in [0.1, 0.15) is 0 Å². The van der Waals surface area contributed by atoms with Crippen LogP contribution in [0.4, 0.5) is 0 Å². The van der Waals surface area contributed by atoms with Crippen molar-refractivity contribution >= 4 is 39.7 Å². The van der Waals surface area contributed by atoms with Crippen LogP contribution in [0.3, 0.4) is 0 Å². The van der Waals surface area contributed by atoms with Gasteiger partial charge in [0.05, 0.1) is 10.7 Å². The molecule has 6 heteroatoms. The normalized spacial score (nSPS) is 10.4. The van der Waals surface area contributed by atoms with Gasteiger partial charge in [-0.05, 0) is 30.4 Å². The lowest BCUT2D eigenvalue weighted by Crippen LogP contribution is -2.10. The predicted octanol–water partition coefficient (Wildman–Crippen LogP) is 3.31. The Hall–Kier alpha value is -0.910. The molecule has 0 fully saturated rings. The Morgan fingerprint density at radius 3 is 2.81 bits per heavy atom. The van der Waals surface area contributed by atoms with Crippen molar-refractivity contribution in [2.24, 2.45) is 0 Å². The zero-order valence-corrected chi connectivity index (χ0v) is 11.1. The van der Waals surface area contributed by atoms with E-state index in [4.69, 9.17) is 23.8 Å². The van der Waals surface area contributed by atoms with Crippen LogP contribution >= 0.6 is 39.7 Å². The van der Waals surface area contributed by atoms with Gasteiger partial charge in [0.15, 0.2) is 4.77 Å². The summed E-state index contributed by atoms with van der Waals surface area (Å²) >= 11 is 14.5. The average molecular weight is 318 g/mol. The average Bonchev–Trinajstić information content (AvgIpc) is 2.22. The standard InChI is InChI=1S/C10H6BrClN2OS/c11-6-1-2-7(12)8(5-6)14-4-3-9(15)13-10(14)16/h1-5H,(H,13,15,16). The van der Waals surface area contributed by atoms with Gasteiger partial charge in [0, 0.05) is 16.7 Å². The van der Waals surface area contributed by atoms with Crippen molar-refractivity contribution in [2.75, 3.05) is 0 Å². The first-order chi connectivity index (χ1) is 7.58. The van der Waals surface area contributed by atoms with E-state index in [-0.39, 0.29) is 5.56 Å². The number of benzene rings is 1. The summed E-state index contributed by atoms with van der Waals surface area (Å²) < 4.78 is 2.84. The van der Waals surface area contributed by atoms with E-state index in [2.05, 4.69) is 20.9 Å². The molecule has 0 saturated carbocycles. The SMILES string of the molecule is O=c1ccn(-c2cc(Br)ccc2Cl)c(=S)[nH]1. The van der Waals surface area contributed by atoms with E-state index in [0.717, 1.165) is 10.2 Å². The fourth-order valence-corrected chi connectivity index (χ4v) is 2.09.